The quantitative estimate of drug-likeness (QED) is 0.612. The van der Waals surface area contributed by atoms with E-state index in [0.717, 1.165) is 69.3 Å². The smallest absolute Gasteiger partial charge is 0.0988 e. The van der Waals surface area contributed by atoms with E-state index < -0.39 is 0 Å². The Hall–Kier alpha value is -2.54. The fraction of sp³-hybridized carbons (Fsp3) is 0.364. The highest BCUT2D eigenvalue weighted by atomic mass is 16.5. The number of para-hydroxylation sites is 1. The molecule has 0 aliphatic carbocycles. The van der Waals surface area contributed by atoms with Crippen molar-refractivity contribution in [2.45, 2.75) is 13.0 Å². The molecule has 1 aromatic carbocycles. The summed E-state index contributed by atoms with van der Waals surface area (Å²) in [5.74, 6) is 0. The van der Waals surface area contributed by atoms with Gasteiger partial charge < -0.3 is 10.1 Å². The number of nitrogens with one attached hydrogen (secondary N) is 1. The second-order valence-corrected chi connectivity index (χ2v) is 7.01. The monoisotopic (exact) mass is 377 g/mol. The van der Waals surface area contributed by atoms with Crippen LogP contribution in [0.2, 0.25) is 0 Å². The van der Waals surface area contributed by atoms with E-state index in [9.17, 15) is 0 Å². The van der Waals surface area contributed by atoms with Crippen LogP contribution in [0.5, 0.6) is 0 Å². The molecule has 3 heterocycles. The minimum atomic E-state index is 0.792. The summed E-state index contributed by atoms with van der Waals surface area (Å²) >= 11 is 0. The van der Waals surface area contributed by atoms with Gasteiger partial charge in [0.05, 0.1) is 24.6 Å². The molecule has 0 atom stereocenters. The minimum absolute atomic E-state index is 0.792. The molecule has 0 spiro atoms. The van der Waals surface area contributed by atoms with E-state index in [-0.39, 0.29) is 0 Å². The Balaban J connectivity index is 1.41. The van der Waals surface area contributed by atoms with E-state index in [1.807, 2.05) is 35.1 Å². The fourth-order valence-corrected chi connectivity index (χ4v) is 3.47. The molecular weight excluding hydrogens is 350 g/mol. The number of hydrogen-bond acceptors (Lipinski definition) is 5. The molecule has 0 saturated carbocycles. The summed E-state index contributed by atoms with van der Waals surface area (Å²) in [5, 5.41) is 8.42. The Kier molecular flexibility index (Phi) is 6.44. The molecule has 0 radical (unpaired) electrons. The maximum Gasteiger partial charge on any atom is 0.0988 e. The van der Waals surface area contributed by atoms with Crippen LogP contribution in [0.15, 0.2) is 61.1 Å². The number of benzene rings is 1. The van der Waals surface area contributed by atoms with E-state index >= 15 is 0 Å². The largest absolute Gasteiger partial charge is 0.379 e. The van der Waals surface area contributed by atoms with Crippen molar-refractivity contribution in [1.82, 2.24) is 25.0 Å². The molecule has 0 bridgehead atoms. The van der Waals surface area contributed by atoms with Gasteiger partial charge in [-0.1, -0.05) is 18.2 Å². The van der Waals surface area contributed by atoms with E-state index in [2.05, 4.69) is 39.6 Å². The molecule has 4 rings (SSSR count). The van der Waals surface area contributed by atoms with E-state index in [1.165, 1.54) is 5.56 Å². The lowest BCUT2D eigenvalue weighted by Crippen LogP contribution is -2.37. The molecule has 1 saturated heterocycles. The normalized spacial score (nSPS) is 15.0. The first-order valence-corrected chi connectivity index (χ1v) is 9.95. The second kappa shape index (κ2) is 9.59. The first-order chi connectivity index (χ1) is 13.9. The van der Waals surface area contributed by atoms with Gasteiger partial charge in [-0.15, -0.1) is 0 Å². The van der Waals surface area contributed by atoms with Crippen molar-refractivity contribution in [3.8, 4) is 16.9 Å². The van der Waals surface area contributed by atoms with Crippen LogP contribution < -0.4 is 5.32 Å². The summed E-state index contributed by atoms with van der Waals surface area (Å²) in [6.07, 6.45) is 6.92. The Labute approximate surface area is 166 Å². The molecule has 6 nitrogen and oxygen atoms in total. The van der Waals surface area contributed by atoms with Crippen LogP contribution >= 0.6 is 0 Å². The summed E-state index contributed by atoms with van der Waals surface area (Å²) in [6.45, 7) is 6.72. The van der Waals surface area contributed by atoms with Crippen LogP contribution in [-0.4, -0.2) is 59.1 Å². The van der Waals surface area contributed by atoms with Gasteiger partial charge in [-0.25, -0.2) is 4.68 Å². The van der Waals surface area contributed by atoms with E-state index in [0.29, 0.717) is 0 Å². The summed E-state index contributed by atoms with van der Waals surface area (Å²) in [5.41, 5.74) is 4.27. The van der Waals surface area contributed by atoms with Crippen molar-refractivity contribution in [2.75, 3.05) is 39.4 Å². The first kappa shape index (κ1) is 18.8. The molecule has 0 amide bonds. The minimum Gasteiger partial charge on any atom is -0.379 e. The summed E-state index contributed by atoms with van der Waals surface area (Å²) in [4.78, 5) is 6.73. The Morgan fingerprint density at radius 2 is 1.89 bits per heavy atom. The summed E-state index contributed by atoms with van der Waals surface area (Å²) in [7, 11) is 0. The molecule has 146 valence electrons. The van der Waals surface area contributed by atoms with Crippen LogP contribution in [0.4, 0.5) is 0 Å². The molecule has 6 heteroatoms. The van der Waals surface area contributed by atoms with Gasteiger partial charge in [0.25, 0.3) is 0 Å². The lowest BCUT2D eigenvalue weighted by Gasteiger charge is -2.26. The maximum absolute atomic E-state index is 5.41. The topological polar surface area (TPSA) is 55.2 Å². The molecule has 0 unspecified atom stereocenters. The van der Waals surface area contributed by atoms with E-state index in [4.69, 9.17) is 9.84 Å². The summed E-state index contributed by atoms with van der Waals surface area (Å²) in [6, 6.07) is 14.2. The Morgan fingerprint density at radius 3 is 2.68 bits per heavy atom. The molecular formula is C22H27N5O. The third-order valence-electron chi connectivity index (χ3n) is 4.99. The van der Waals surface area contributed by atoms with Crippen LogP contribution in [0, 0.1) is 0 Å². The highest BCUT2D eigenvalue weighted by Crippen LogP contribution is 2.23. The molecule has 1 aliphatic heterocycles. The van der Waals surface area contributed by atoms with Crippen LogP contribution in [0.1, 0.15) is 12.0 Å². The van der Waals surface area contributed by atoms with Crippen LogP contribution in [0.3, 0.4) is 0 Å². The van der Waals surface area contributed by atoms with Crippen LogP contribution in [-0.2, 0) is 11.3 Å². The van der Waals surface area contributed by atoms with Crippen molar-refractivity contribution >= 4 is 0 Å². The van der Waals surface area contributed by atoms with Crippen molar-refractivity contribution in [1.29, 1.82) is 0 Å². The predicted molar refractivity (Wildman–Crippen MR) is 110 cm³/mol. The van der Waals surface area contributed by atoms with Gasteiger partial charge in [0.2, 0.25) is 0 Å². The molecule has 3 aromatic rings. The number of nitrogens with zero attached hydrogens (tertiary/aromatic N) is 4. The highest BCUT2D eigenvalue weighted by Gasteiger charge is 2.13. The zero-order valence-electron chi connectivity index (χ0n) is 16.1. The lowest BCUT2D eigenvalue weighted by atomic mass is 10.1. The number of hydrogen-bond donors (Lipinski definition) is 1. The zero-order valence-corrected chi connectivity index (χ0v) is 16.1. The number of morpholine rings is 1. The zero-order chi connectivity index (χ0) is 19.0. The average Bonchev–Trinajstić information content (AvgIpc) is 3.20. The SMILES string of the molecule is c1ccc(-n2cc(CNCCCN3CCOCC3)c(-c3cccnc3)n2)cc1. The Morgan fingerprint density at radius 1 is 1.04 bits per heavy atom. The summed E-state index contributed by atoms with van der Waals surface area (Å²) < 4.78 is 7.36. The molecule has 28 heavy (non-hydrogen) atoms. The number of rotatable bonds is 8. The van der Waals surface area contributed by atoms with Crippen molar-refractivity contribution in [3.05, 3.63) is 66.6 Å². The van der Waals surface area contributed by atoms with Crippen molar-refractivity contribution in [3.63, 3.8) is 0 Å². The predicted octanol–water partition coefficient (Wildman–Crippen LogP) is 2.75. The Bertz CT molecular complexity index is 844. The van der Waals surface area contributed by atoms with Gasteiger partial charge in [0.15, 0.2) is 0 Å². The van der Waals surface area contributed by atoms with Gasteiger partial charge >= 0.3 is 0 Å². The van der Waals surface area contributed by atoms with Crippen LogP contribution in [0.25, 0.3) is 16.9 Å². The fourth-order valence-electron chi connectivity index (χ4n) is 3.47. The second-order valence-electron chi connectivity index (χ2n) is 7.01. The van der Waals surface area contributed by atoms with E-state index in [1.54, 1.807) is 6.20 Å². The third kappa shape index (κ3) is 4.84. The molecule has 1 N–H and O–H groups in total. The molecule has 2 aromatic heterocycles. The number of ether oxygens (including phenoxy) is 1. The van der Waals surface area contributed by atoms with Crippen molar-refractivity contribution < 1.29 is 4.74 Å². The number of pyridine rings is 1. The van der Waals surface area contributed by atoms with Gasteiger partial charge in [-0.2, -0.15) is 5.10 Å². The van der Waals surface area contributed by atoms with Crippen molar-refractivity contribution in [2.24, 2.45) is 0 Å². The molecule has 1 fully saturated rings. The lowest BCUT2D eigenvalue weighted by molar-refractivity contribution is 0.0374. The third-order valence-corrected chi connectivity index (χ3v) is 4.99. The van der Waals surface area contributed by atoms with Gasteiger partial charge in [0.1, 0.15) is 0 Å². The van der Waals surface area contributed by atoms with Gasteiger partial charge in [-0.05, 0) is 43.8 Å². The van der Waals surface area contributed by atoms with Gasteiger partial charge in [0, 0.05) is 49.4 Å². The number of aromatic nitrogens is 3. The molecule has 1 aliphatic rings. The average molecular weight is 377 g/mol. The highest BCUT2D eigenvalue weighted by molar-refractivity contribution is 5.62. The first-order valence-electron chi connectivity index (χ1n) is 9.95. The van der Waals surface area contributed by atoms with Gasteiger partial charge in [-0.3, -0.25) is 9.88 Å². The maximum atomic E-state index is 5.41. The standard InChI is InChI=1S/C22H27N5O/c1-2-7-21(8-3-1)27-18-20(22(25-27)19-6-4-9-23-16-19)17-24-10-5-11-26-12-14-28-15-13-26/h1-4,6-9,16,18,24H,5,10-15,17H2.